The molecular formula is C8H10FN3O3S. The molecule has 1 aromatic rings. The smallest absolute Gasteiger partial charge is 0.350 e. The van der Waals surface area contributed by atoms with Crippen molar-refractivity contribution in [2.75, 3.05) is 18.9 Å². The van der Waals surface area contributed by atoms with E-state index in [1.54, 1.807) is 0 Å². The summed E-state index contributed by atoms with van der Waals surface area (Å²) in [6.07, 6.45) is 1.01. The number of hydrogen-bond donors (Lipinski definition) is 2. The van der Waals surface area contributed by atoms with Gasteiger partial charge in [0.1, 0.15) is 10.8 Å². The van der Waals surface area contributed by atoms with E-state index in [4.69, 9.17) is 15.6 Å². The Bertz CT molecular complexity index is 453. The highest BCUT2D eigenvalue weighted by atomic mass is 32.2. The normalized spacial score (nSPS) is 24.9. The van der Waals surface area contributed by atoms with E-state index in [-0.39, 0.29) is 18.6 Å². The highest BCUT2D eigenvalue weighted by Crippen LogP contribution is 2.34. The summed E-state index contributed by atoms with van der Waals surface area (Å²) in [6, 6.07) is 0. The lowest BCUT2D eigenvalue weighted by Gasteiger charge is -2.11. The van der Waals surface area contributed by atoms with Crippen LogP contribution in [0.25, 0.3) is 0 Å². The highest BCUT2D eigenvalue weighted by Gasteiger charge is 2.28. The zero-order chi connectivity index (χ0) is 11.7. The van der Waals surface area contributed by atoms with Crippen molar-refractivity contribution in [1.29, 1.82) is 0 Å². The van der Waals surface area contributed by atoms with Crippen LogP contribution in [0.4, 0.5) is 10.2 Å². The van der Waals surface area contributed by atoms with Crippen LogP contribution < -0.4 is 11.4 Å². The van der Waals surface area contributed by atoms with Gasteiger partial charge >= 0.3 is 5.69 Å². The first-order valence-electron chi connectivity index (χ1n) is 4.54. The number of nitrogen functional groups attached to an aromatic ring is 1. The first kappa shape index (κ1) is 11.4. The van der Waals surface area contributed by atoms with E-state index in [1.165, 1.54) is 11.8 Å². The van der Waals surface area contributed by atoms with Gasteiger partial charge in [-0.25, -0.2) is 9.18 Å². The van der Waals surface area contributed by atoms with Crippen molar-refractivity contribution in [3.05, 3.63) is 22.5 Å². The third-order valence-corrected chi connectivity index (χ3v) is 3.39. The van der Waals surface area contributed by atoms with E-state index in [1.807, 2.05) is 0 Å². The van der Waals surface area contributed by atoms with Crippen molar-refractivity contribution >= 4 is 17.6 Å². The number of nitrogens with zero attached hydrogens (tertiary/aromatic N) is 2. The summed E-state index contributed by atoms with van der Waals surface area (Å²) >= 11 is 1.24. The highest BCUT2D eigenvalue weighted by molar-refractivity contribution is 8.00. The molecule has 2 heterocycles. The number of anilines is 1. The van der Waals surface area contributed by atoms with Gasteiger partial charge in [0, 0.05) is 6.20 Å². The van der Waals surface area contributed by atoms with Crippen LogP contribution in [-0.2, 0) is 4.74 Å². The standard InChI is InChI=1S/C8H10FN3O3S/c9-4-1-12(8(14)11-7(4)10)5-3-15-6(2-13)16-5/h1,5-6,13H,2-3H2,(H2,10,11,14)/t5-,6?/m1/s1. The van der Waals surface area contributed by atoms with Crippen LogP contribution in [-0.4, -0.2) is 33.3 Å². The number of aliphatic hydroxyl groups is 1. The molecule has 0 aromatic carbocycles. The number of rotatable bonds is 2. The van der Waals surface area contributed by atoms with Gasteiger partial charge in [0.05, 0.1) is 13.2 Å². The van der Waals surface area contributed by atoms with Gasteiger partial charge in [0.25, 0.3) is 0 Å². The summed E-state index contributed by atoms with van der Waals surface area (Å²) in [5.41, 5.74) is 4.15. The van der Waals surface area contributed by atoms with Gasteiger partial charge < -0.3 is 15.6 Å². The average molecular weight is 247 g/mol. The Hall–Kier alpha value is -1.12. The van der Waals surface area contributed by atoms with E-state index in [0.29, 0.717) is 0 Å². The predicted octanol–water partition coefficient (Wildman–Crippen LogP) is -0.455. The van der Waals surface area contributed by atoms with Gasteiger partial charge in [0.15, 0.2) is 11.6 Å². The summed E-state index contributed by atoms with van der Waals surface area (Å²) in [6.45, 7) is 0.0711. The Labute approximate surface area is 94.2 Å². The number of hydrogen-bond acceptors (Lipinski definition) is 6. The Balaban J connectivity index is 2.28. The zero-order valence-electron chi connectivity index (χ0n) is 8.17. The minimum atomic E-state index is -0.743. The molecule has 1 aromatic heterocycles. The molecule has 1 aliphatic heterocycles. The van der Waals surface area contributed by atoms with Crippen molar-refractivity contribution in [2.24, 2.45) is 0 Å². The minimum absolute atomic E-state index is 0.152. The molecule has 1 saturated heterocycles. The fourth-order valence-electron chi connectivity index (χ4n) is 1.35. The van der Waals surface area contributed by atoms with Crippen LogP contribution in [0, 0.1) is 5.82 Å². The fraction of sp³-hybridized carbons (Fsp3) is 0.500. The molecule has 8 heteroatoms. The predicted molar refractivity (Wildman–Crippen MR) is 56.3 cm³/mol. The average Bonchev–Trinajstić information content (AvgIpc) is 2.71. The third-order valence-electron chi connectivity index (χ3n) is 2.13. The molecule has 88 valence electrons. The molecule has 2 rings (SSSR count). The van der Waals surface area contributed by atoms with Gasteiger partial charge in [-0.2, -0.15) is 4.98 Å². The summed E-state index contributed by atoms with van der Waals surface area (Å²) in [7, 11) is 0. The number of aliphatic hydroxyl groups excluding tert-OH is 1. The third kappa shape index (κ3) is 2.04. The zero-order valence-corrected chi connectivity index (χ0v) is 8.98. The van der Waals surface area contributed by atoms with E-state index < -0.39 is 22.8 Å². The molecule has 0 saturated carbocycles. The summed E-state index contributed by atoms with van der Waals surface area (Å²) < 4.78 is 19.4. The van der Waals surface area contributed by atoms with Crippen LogP contribution >= 0.6 is 11.8 Å². The van der Waals surface area contributed by atoms with Crippen LogP contribution in [0.1, 0.15) is 5.37 Å². The molecule has 6 nitrogen and oxygen atoms in total. The van der Waals surface area contributed by atoms with Gasteiger partial charge in [0.2, 0.25) is 0 Å². The van der Waals surface area contributed by atoms with Crippen molar-refractivity contribution < 1.29 is 14.2 Å². The Morgan fingerprint density at radius 3 is 3.19 bits per heavy atom. The second-order valence-electron chi connectivity index (χ2n) is 3.20. The molecule has 16 heavy (non-hydrogen) atoms. The lowest BCUT2D eigenvalue weighted by Crippen LogP contribution is -2.27. The lowest BCUT2D eigenvalue weighted by molar-refractivity contribution is 0.0802. The maximum Gasteiger partial charge on any atom is 0.350 e. The maximum atomic E-state index is 13.1. The van der Waals surface area contributed by atoms with E-state index in [0.717, 1.165) is 10.8 Å². The molecule has 1 aliphatic rings. The first-order valence-corrected chi connectivity index (χ1v) is 5.48. The topological polar surface area (TPSA) is 90.4 Å². The van der Waals surface area contributed by atoms with Crippen LogP contribution in [0.3, 0.4) is 0 Å². The van der Waals surface area contributed by atoms with Crippen molar-refractivity contribution in [3.8, 4) is 0 Å². The monoisotopic (exact) mass is 247 g/mol. The summed E-state index contributed by atoms with van der Waals surface area (Å²) in [5.74, 6) is -1.16. The molecule has 1 unspecified atom stereocenters. The Morgan fingerprint density at radius 1 is 1.81 bits per heavy atom. The van der Waals surface area contributed by atoms with Crippen molar-refractivity contribution in [2.45, 2.75) is 10.8 Å². The lowest BCUT2D eigenvalue weighted by atomic mass is 10.5. The second-order valence-corrected chi connectivity index (χ2v) is 4.54. The molecule has 0 radical (unpaired) electrons. The van der Waals surface area contributed by atoms with Gasteiger partial charge in [-0.15, -0.1) is 11.8 Å². The minimum Gasteiger partial charge on any atom is -0.393 e. The SMILES string of the molecule is Nc1nc(=O)n([C@H]2COC(CO)S2)cc1F. The van der Waals surface area contributed by atoms with Gasteiger partial charge in [-0.05, 0) is 0 Å². The number of ether oxygens (including phenoxy) is 1. The van der Waals surface area contributed by atoms with Crippen LogP contribution in [0.2, 0.25) is 0 Å². The number of halogens is 1. The number of aromatic nitrogens is 2. The molecule has 0 aliphatic carbocycles. The molecule has 3 N–H and O–H groups in total. The van der Waals surface area contributed by atoms with Gasteiger partial charge in [-0.3, -0.25) is 4.57 Å². The molecule has 0 bridgehead atoms. The quantitative estimate of drug-likeness (QED) is 0.735. The molecule has 1 fully saturated rings. The Kier molecular flexibility index (Phi) is 3.13. The summed E-state index contributed by atoms with van der Waals surface area (Å²) in [5, 5.41) is 8.47. The Morgan fingerprint density at radius 2 is 2.56 bits per heavy atom. The largest absolute Gasteiger partial charge is 0.393 e. The van der Waals surface area contributed by atoms with E-state index in [9.17, 15) is 9.18 Å². The summed E-state index contributed by atoms with van der Waals surface area (Å²) in [4.78, 5) is 14.8. The number of thioether (sulfide) groups is 1. The van der Waals surface area contributed by atoms with E-state index in [2.05, 4.69) is 4.98 Å². The van der Waals surface area contributed by atoms with Crippen LogP contribution in [0.15, 0.2) is 11.0 Å². The fourth-order valence-corrected chi connectivity index (χ4v) is 2.38. The molecule has 0 amide bonds. The second kappa shape index (κ2) is 4.40. The van der Waals surface area contributed by atoms with Crippen LogP contribution in [0.5, 0.6) is 0 Å². The molecule has 2 atom stereocenters. The molecular weight excluding hydrogens is 237 g/mol. The maximum absolute atomic E-state index is 13.1. The first-order chi connectivity index (χ1) is 7.61. The van der Waals surface area contributed by atoms with Crippen molar-refractivity contribution in [3.63, 3.8) is 0 Å². The molecule has 0 spiro atoms. The van der Waals surface area contributed by atoms with E-state index >= 15 is 0 Å². The van der Waals surface area contributed by atoms with Crippen molar-refractivity contribution in [1.82, 2.24) is 9.55 Å². The van der Waals surface area contributed by atoms with Gasteiger partial charge in [-0.1, -0.05) is 0 Å². The number of nitrogens with two attached hydrogens (primary N) is 1.